The largest absolute Gasteiger partial charge is 0.376 e. The SMILES string of the molecule is CO[C@@H]1[C@@H](OC)[C@H](C)O[C@@H](ONC(=O)c2ccccc2)[C@@H]1OC. The zero-order chi connectivity index (χ0) is 16.8. The minimum Gasteiger partial charge on any atom is -0.376 e. The maximum absolute atomic E-state index is 12.0. The third-order valence-electron chi connectivity index (χ3n) is 3.85. The molecule has 0 spiro atoms. The van der Waals surface area contributed by atoms with Crippen molar-refractivity contribution >= 4 is 5.91 Å². The van der Waals surface area contributed by atoms with Crippen molar-refractivity contribution in [1.29, 1.82) is 0 Å². The molecule has 7 nitrogen and oxygen atoms in total. The average molecular weight is 325 g/mol. The fourth-order valence-electron chi connectivity index (χ4n) is 2.67. The van der Waals surface area contributed by atoms with Crippen LogP contribution in [0.25, 0.3) is 0 Å². The number of carbonyl (C=O) groups excluding carboxylic acids is 1. The second-order valence-corrected chi connectivity index (χ2v) is 5.23. The molecule has 1 aliphatic heterocycles. The molecule has 0 saturated carbocycles. The topological polar surface area (TPSA) is 75.3 Å². The Bertz CT molecular complexity index is 497. The number of hydrogen-bond acceptors (Lipinski definition) is 6. The van der Waals surface area contributed by atoms with Crippen molar-refractivity contribution in [2.75, 3.05) is 21.3 Å². The van der Waals surface area contributed by atoms with Crippen molar-refractivity contribution in [2.45, 2.75) is 37.6 Å². The number of hydrogen-bond donors (Lipinski definition) is 1. The summed E-state index contributed by atoms with van der Waals surface area (Å²) in [7, 11) is 4.68. The van der Waals surface area contributed by atoms with Gasteiger partial charge in [-0.1, -0.05) is 18.2 Å². The minimum absolute atomic E-state index is 0.282. The van der Waals surface area contributed by atoms with E-state index in [0.29, 0.717) is 5.56 Å². The molecule has 23 heavy (non-hydrogen) atoms. The average Bonchev–Trinajstić information content (AvgIpc) is 2.59. The first-order valence-electron chi connectivity index (χ1n) is 7.37. The van der Waals surface area contributed by atoms with E-state index in [1.165, 1.54) is 7.11 Å². The summed E-state index contributed by atoms with van der Waals surface area (Å²) in [5.74, 6) is -0.362. The first-order chi connectivity index (χ1) is 11.1. The van der Waals surface area contributed by atoms with Gasteiger partial charge in [0.15, 0.2) is 0 Å². The highest BCUT2D eigenvalue weighted by Gasteiger charge is 2.46. The van der Waals surface area contributed by atoms with Crippen LogP contribution < -0.4 is 5.48 Å². The highest BCUT2D eigenvalue weighted by molar-refractivity contribution is 5.93. The molecule has 128 valence electrons. The van der Waals surface area contributed by atoms with Crippen molar-refractivity contribution in [3.63, 3.8) is 0 Å². The zero-order valence-electron chi connectivity index (χ0n) is 13.7. The number of amides is 1. The number of hydroxylamine groups is 1. The maximum atomic E-state index is 12.0. The van der Waals surface area contributed by atoms with Crippen molar-refractivity contribution in [2.24, 2.45) is 0 Å². The Morgan fingerprint density at radius 2 is 1.61 bits per heavy atom. The van der Waals surface area contributed by atoms with Crippen LogP contribution in [0.3, 0.4) is 0 Å². The monoisotopic (exact) mass is 325 g/mol. The van der Waals surface area contributed by atoms with E-state index in [2.05, 4.69) is 5.48 Å². The molecule has 0 aliphatic carbocycles. The summed E-state index contributed by atoms with van der Waals surface area (Å²) in [6.07, 6.45) is -2.31. The maximum Gasteiger partial charge on any atom is 0.274 e. The zero-order valence-corrected chi connectivity index (χ0v) is 13.7. The van der Waals surface area contributed by atoms with Gasteiger partial charge >= 0.3 is 0 Å². The van der Waals surface area contributed by atoms with Crippen molar-refractivity contribution in [3.8, 4) is 0 Å². The predicted molar refractivity (Wildman–Crippen MR) is 81.7 cm³/mol. The van der Waals surface area contributed by atoms with Crippen LogP contribution in [0.4, 0.5) is 0 Å². The molecule has 1 saturated heterocycles. The van der Waals surface area contributed by atoms with Gasteiger partial charge < -0.3 is 18.9 Å². The second kappa shape index (κ2) is 8.37. The molecule has 7 heteroatoms. The Kier molecular flexibility index (Phi) is 6.49. The molecule has 1 amide bonds. The first kappa shape index (κ1) is 17.8. The summed E-state index contributed by atoms with van der Waals surface area (Å²) < 4.78 is 22.0. The lowest BCUT2D eigenvalue weighted by Gasteiger charge is -2.43. The standard InChI is InChI=1S/C16H23NO6/c1-10-12(19-2)13(20-3)14(21-4)16(22-10)23-17-15(18)11-8-6-5-7-9-11/h5-10,12-14,16H,1-4H3,(H,17,18)/t10-,12-,13+,14+,16-/m0/s1. The Morgan fingerprint density at radius 1 is 1.00 bits per heavy atom. The van der Waals surface area contributed by atoms with Crippen LogP contribution in [0, 0.1) is 0 Å². The minimum atomic E-state index is -0.806. The molecule has 0 aromatic heterocycles. The molecule has 0 radical (unpaired) electrons. The molecule has 5 atom stereocenters. The Hall–Kier alpha value is -1.51. The van der Waals surface area contributed by atoms with Crippen LogP contribution in [0.15, 0.2) is 30.3 Å². The van der Waals surface area contributed by atoms with E-state index in [4.69, 9.17) is 23.8 Å². The van der Waals surface area contributed by atoms with E-state index in [1.54, 1.807) is 38.5 Å². The van der Waals surface area contributed by atoms with Crippen LogP contribution in [-0.2, 0) is 23.8 Å². The first-order valence-corrected chi connectivity index (χ1v) is 7.37. The van der Waals surface area contributed by atoms with Crippen molar-refractivity contribution < 1.29 is 28.6 Å². The van der Waals surface area contributed by atoms with Gasteiger partial charge in [0.1, 0.15) is 18.3 Å². The van der Waals surface area contributed by atoms with Gasteiger partial charge in [-0.25, -0.2) is 10.3 Å². The number of carbonyl (C=O) groups is 1. The van der Waals surface area contributed by atoms with Crippen LogP contribution in [0.5, 0.6) is 0 Å². The van der Waals surface area contributed by atoms with Gasteiger partial charge in [0.2, 0.25) is 6.29 Å². The smallest absolute Gasteiger partial charge is 0.274 e. The molecule has 2 rings (SSSR count). The second-order valence-electron chi connectivity index (χ2n) is 5.23. The van der Waals surface area contributed by atoms with Crippen LogP contribution in [0.1, 0.15) is 17.3 Å². The molecule has 1 heterocycles. The fourth-order valence-corrected chi connectivity index (χ4v) is 2.67. The Morgan fingerprint density at radius 3 is 2.17 bits per heavy atom. The summed E-state index contributed by atoms with van der Waals surface area (Å²) in [6.45, 7) is 1.85. The molecule has 0 bridgehead atoms. The third-order valence-corrected chi connectivity index (χ3v) is 3.85. The third kappa shape index (κ3) is 4.07. The van der Waals surface area contributed by atoms with Gasteiger partial charge in [0.25, 0.3) is 5.91 Å². The fraction of sp³-hybridized carbons (Fsp3) is 0.562. The lowest BCUT2D eigenvalue weighted by molar-refractivity contribution is -0.314. The highest BCUT2D eigenvalue weighted by Crippen LogP contribution is 2.27. The van der Waals surface area contributed by atoms with E-state index >= 15 is 0 Å². The van der Waals surface area contributed by atoms with Crippen molar-refractivity contribution in [3.05, 3.63) is 35.9 Å². The number of ether oxygens (including phenoxy) is 4. The molecule has 1 N–H and O–H groups in total. The molecular weight excluding hydrogens is 302 g/mol. The van der Waals surface area contributed by atoms with Gasteiger partial charge in [-0.05, 0) is 19.1 Å². The molecule has 1 aliphatic rings. The summed E-state index contributed by atoms with van der Waals surface area (Å²) in [5.41, 5.74) is 2.88. The summed E-state index contributed by atoms with van der Waals surface area (Å²) in [6, 6.07) is 8.76. The van der Waals surface area contributed by atoms with E-state index in [9.17, 15) is 4.79 Å². The number of benzene rings is 1. The number of rotatable bonds is 6. The van der Waals surface area contributed by atoms with Crippen molar-refractivity contribution in [1.82, 2.24) is 5.48 Å². The van der Waals surface area contributed by atoms with Gasteiger partial charge in [0.05, 0.1) is 6.10 Å². The summed E-state index contributed by atoms with van der Waals surface area (Å²) >= 11 is 0. The van der Waals surface area contributed by atoms with Crippen LogP contribution >= 0.6 is 0 Å². The van der Waals surface area contributed by atoms with Gasteiger partial charge in [-0.2, -0.15) is 0 Å². The molecule has 1 aromatic rings. The summed E-state index contributed by atoms with van der Waals surface area (Å²) in [4.78, 5) is 17.5. The number of methoxy groups -OCH3 is 3. The van der Waals surface area contributed by atoms with E-state index in [1.807, 2.05) is 13.0 Å². The number of nitrogens with one attached hydrogen (secondary N) is 1. The van der Waals surface area contributed by atoms with Gasteiger partial charge in [-0.15, -0.1) is 0 Å². The normalized spacial score (nSPS) is 30.9. The van der Waals surface area contributed by atoms with E-state index in [0.717, 1.165) is 0 Å². The van der Waals surface area contributed by atoms with Crippen LogP contribution in [0.2, 0.25) is 0 Å². The molecule has 1 aromatic carbocycles. The Labute approximate surface area is 135 Å². The highest BCUT2D eigenvalue weighted by atomic mass is 16.8. The molecule has 0 unspecified atom stereocenters. The molecule has 1 fully saturated rings. The molecular formula is C16H23NO6. The lowest BCUT2D eigenvalue weighted by atomic mass is 9.99. The van der Waals surface area contributed by atoms with E-state index in [-0.39, 0.29) is 24.2 Å². The predicted octanol–water partition coefficient (Wildman–Crippen LogP) is 1.14. The lowest BCUT2D eigenvalue weighted by Crippen LogP contribution is -2.60. The van der Waals surface area contributed by atoms with Gasteiger partial charge in [0, 0.05) is 26.9 Å². The quantitative estimate of drug-likeness (QED) is 0.791. The summed E-state index contributed by atoms with van der Waals surface area (Å²) in [5, 5.41) is 0. The van der Waals surface area contributed by atoms with E-state index < -0.39 is 12.4 Å². The van der Waals surface area contributed by atoms with Crippen LogP contribution in [-0.4, -0.2) is 57.9 Å². The van der Waals surface area contributed by atoms with Gasteiger partial charge in [-0.3, -0.25) is 4.79 Å². The Balaban J connectivity index is 2.02.